The van der Waals surface area contributed by atoms with E-state index in [2.05, 4.69) is 0 Å². The Morgan fingerprint density at radius 2 is 2.29 bits per heavy atom. The van der Waals surface area contributed by atoms with E-state index in [4.69, 9.17) is 22.1 Å². The molecule has 0 bridgehead atoms. The monoisotopic (exact) mass is 215 g/mol. The third kappa shape index (κ3) is 1.70. The number of ether oxygens (including phenoxy) is 1. The molecule has 0 saturated carbocycles. The number of hydrogen-bond donors (Lipinski definition) is 1. The average Bonchev–Trinajstić information content (AvgIpc) is 2.29. The summed E-state index contributed by atoms with van der Waals surface area (Å²) in [6.45, 7) is 0.513. The van der Waals surface area contributed by atoms with Gasteiger partial charge in [0.2, 0.25) is 0 Å². The summed E-state index contributed by atoms with van der Waals surface area (Å²) in [5, 5.41) is 0.363. The van der Waals surface area contributed by atoms with Crippen molar-refractivity contribution >= 4 is 11.6 Å². The summed E-state index contributed by atoms with van der Waals surface area (Å²) >= 11 is 5.75. The van der Waals surface area contributed by atoms with Gasteiger partial charge >= 0.3 is 0 Å². The lowest BCUT2D eigenvalue weighted by Crippen LogP contribution is -2.09. The summed E-state index contributed by atoms with van der Waals surface area (Å²) < 4.78 is 18.7. The van der Waals surface area contributed by atoms with Crippen LogP contribution in [0.25, 0.3) is 0 Å². The molecule has 2 nitrogen and oxygen atoms in total. The van der Waals surface area contributed by atoms with Crippen molar-refractivity contribution in [1.82, 2.24) is 0 Å². The third-order valence-corrected chi connectivity index (χ3v) is 2.56. The second-order valence-corrected chi connectivity index (χ2v) is 3.84. The van der Waals surface area contributed by atoms with Gasteiger partial charge in [-0.2, -0.15) is 0 Å². The standard InChI is InChI=1S/C10H11ClFNO/c11-6-4-7-9(13)2-1-3-14-10(7)8(12)5-6/h4-5,9H,1-3,13H2/t9-/m0/s1. The van der Waals surface area contributed by atoms with Gasteiger partial charge in [0.05, 0.1) is 6.61 Å². The molecule has 0 radical (unpaired) electrons. The summed E-state index contributed by atoms with van der Waals surface area (Å²) in [4.78, 5) is 0. The molecule has 1 aromatic rings. The first-order valence-corrected chi connectivity index (χ1v) is 4.93. The molecule has 0 aromatic heterocycles. The van der Waals surface area contributed by atoms with Crippen LogP contribution in [-0.2, 0) is 0 Å². The Balaban J connectivity index is 2.53. The van der Waals surface area contributed by atoms with Crippen LogP contribution in [0.15, 0.2) is 12.1 Å². The first-order valence-electron chi connectivity index (χ1n) is 4.56. The number of nitrogens with two attached hydrogens (primary N) is 1. The quantitative estimate of drug-likeness (QED) is 0.722. The number of halogens is 2. The molecule has 4 heteroatoms. The molecule has 1 aromatic carbocycles. The van der Waals surface area contributed by atoms with Crippen LogP contribution in [0.3, 0.4) is 0 Å². The van der Waals surface area contributed by atoms with Crippen LogP contribution in [0.4, 0.5) is 4.39 Å². The largest absolute Gasteiger partial charge is 0.490 e. The fourth-order valence-electron chi connectivity index (χ4n) is 1.64. The van der Waals surface area contributed by atoms with Crippen molar-refractivity contribution in [3.63, 3.8) is 0 Å². The van der Waals surface area contributed by atoms with Crippen LogP contribution < -0.4 is 10.5 Å². The molecule has 1 heterocycles. The highest BCUT2D eigenvalue weighted by molar-refractivity contribution is 6.30. The van der Waals surface area contributed by atoms with Crippen molar-refractivity contribution in [2.45, 2.75) is 18.9 Å². The summed E-state index contributed by atoms with van der Waals surface area (Å²) in [7, 11) is 0. The smallest absolute Gasteiger partial charge is 0.166 e. The van der Waals surface area contributed by atoms with Crippen molar-refractivity contribution in [3.05, 3.63) is 28.5 Å². The van der Waals surface area contributed by atoms with Gasteiger partial charge in [-0.05, 0) is 25.0 Å². The van der Waals surface area contributed by atoms with Gasteiger partial charge < -0.3 is 10.5 Å². The number of benzene rings is 1. The lowest BCUT2D eigenvalue weighted by Gasteiger charge is -2.12. The van der Waals surface area contributed by atoms with Crippen LogP contribution >= 0.6 is 11.6 Å². The SMILES string of the molecule is N[C@H]1CCCOc2c(F)cc(Cl)cc21. The van der Waals surface area contributed by atoms with E-state index in [9.17, 15) is 4.39 Å². The van der Waals surface area contributed by atoms with E-state index in [1.807, 2.05) is 0 Å². The maximum atomic E-state index is 13.4. The lowest BCUT2D eigenvalue weighted by atomic mass is 10.0. The van der Waals surface area contributed by atoms with Crippen molar-refractivity contribution in [1.29, 1.82) is 0 Å². The second-order valence-electron chi connectivity index (χ2n) is 3.40. The second kappa shape index (κ2) is 3.75. The van der Waals surface area contributed by atoms with Gasteiger partial charge in [0.25, 0.3) is 0 Å². The fraction of sp³-hybridized carbons (Fsp3) is 0.400. The molecule has 0 spiro atoms. The fourth-order valence-corrected chi connectivity index (χ4v) is 1.85. The molecule has 0 saturated heterocycles. The average molecular weight is 216 g/mol. The Labute approximate surface area is 86.8 Å². The summed E-state index contributed by atoms with van der Waals surface area (Å²) in [5.41, 5.74) is 6.55. The molecule has 14 heavy (non-hydrogen) atoms. The summed E-state index contributed by atoms with van der Waals surface area (Å²) in [6.07, 6.45) is 1.64. The van der Waals surface area contributed by atoms with Gasteiger partial charge in [-0.3, -0.25) is 0 Å². The number of fused-ring (bicyclic) bond motifs is 1. The Morgan fingerprint density at radius 3 is 3.07 bits per heavy atom. The first kappa shape index (κ1) is 9.74. The zero-order valence-corrected chi connectivity index (χ0v) is 8.35. The predicted octanol–water partition coefficient (Wildman–Crippen LogP) is 2.65. The van der Waals surface area contributed by atoms with Crippen LogP contribution in [0.5, 0.6) is 5.75 Å². The van der Waals surface area contributed by atoms with Gasteiger partial charge in [-0.15, -0.1) is 0 Å². The molecule has 76 valence electrons. The Bertz CT molecular complexity index is 356. The van der Waals surface area contributed by atoms with Crippen molar-refractivity contribution in [2.24, 2.45) is 5.73 Å². The molecule has 0 fully saturated rings. The maximum absolute atomic E-state index is 13.4. The van der Waals surface area contributed by atoms with Crippen molar-refractivity contribution < 1.29 is 9.13 Å². The van der Waals surface area contributed by atoms with Crippen LogP contribution in [0, 0.1) is 5.82 Å². The molecule has 1 aliphatic heterocycles. The molecule has 0 unspecified atom stereocenters. The van der Waals surface area contributed by atoms with Crippen LogP contribution in [0.2, 0.25) is 5.02 Å². The van der Waals surface area contributed by atoms with E-state index in [1.165, 1.54) is 6.07 Å². The van der Waals surface area contributed by atoms with E-state index in [0.29, 0.717) is 17.2 Å². The van der Waals surface area contributed by atoms with Gasteiger partial charge in [0, 0.05) is 16.6 Å². The van der Waals surface area contributed by atoms with Crippen LogP contribution in [-0.4, -0.2) is 6.61 Å². The highest BCUT2D eigenvalue weighted by atomic mass is 35.5. The summed E-state index contributed by atoms with van der Waals surface area (Å²) in [5.74, 6) is -0.163. The molecule has 2 rings (SSSR count). The molecule has 0 amide bonds. The van der Waals surface area contributed by atoms with E-state index in [-0.39, 0.29) is 11.8 Å². The zero-order valence-electron chi connectivity index (χ0n) is 7.59. The minimum atomic E-state index is -0.426. The minimum absolute atomic E-state index is 0.180. The lowest BCUT2D eigenvalue weighted by molar-refractivity contribution is 0.301. The molecule has 1 atom stereocenters. The molecule has 2 N–H and O–H groups in total. The summed E-state index contributed by atoms with van der Waals surface area (Å²) in [6, 6.07) is 2.75. The Morgan fingerprint density at radius 1 is 1.50 bits per heavy atom. The van der Waals surface area contributed by atoms with E-state index in [0.717, 1.165) is 12.8 Å². The number of rotatable bonds is 0. The predicted molar refractivity (Wildman–Crippen MR) is 53.1 cm³/mol. The van der Waals surface area contributed by atoms with Gasteiger partial charge in [-0.25, -0.2) is 4.39 Å². The zero-order chi connectivity index (χ0) is 10.1. The van der Waals surface area contributed by atoms with E-state index >= 15 is 0 Å². The number of hydrogen-bond acceptors (Lipinski definition) is 2. The third-order valence-electron chi connectivity index (χ3n) is 2.34. The van der Waals surface area contributed by atoms with E-state index < -0.39 is 5.82 Å². The molecular formula is C10H11ClFNO. The molecular weight excluding hydrogens is 205 g/mol. The normalized spacial score (nSPS) is 20.9. The van der Waals surface area contributed by atoms with Crippen LogP contribution in [0.1, 0.15) is 24.4 Å². The highest BCUT2D eigenvalue weighted by Crippen LogP contribution is 2.34. The van der Waals surface area contributed by atoms with E-state index in [1.54, 1.807) is 6.07 Å². The van der Waals surface area contributed by atoms with Gasteiger partial charge in [0.1, 0.15) is 0 Å². The minimum Gasteiger partial charge on any atom is -0.490 e. The first-order chi connectivity index (χ1) is 6.68. The Kier molecular flexibility index (Phi) is 2.61. The van der Waals surface area contributed by atoms with Gasteiger partial charge in [-0.1, -0.05) is 11.6 Å². The van der Waals surface area contributed by atoms with Crippen molar-refractivity contribution in [2.75, 3.05) is 6.61 Å². The highest BCUT2D eigenvalue weighted by Gasteiger charge is 2.20. The Hall–Kier alpha value is -0.800. The molecule has 0 aliphatic carbocycles. The topological polar surface area (TPSA) is 35.2 Å². The molecule has 1 aliphatic rings. The maximum Gasteiger partial charge on any atom is 0.166 e. The van der Waals surface area contributed by atoms with Gasteiger partial charge in [0.15, 0.2) is 11.6 Å². The van der Waals surface area contributed by atoms with Crippen molar-refractivity contribution in [3.8, 4) is 5.75 Å².